The van der Waals surface area contributed by atoms with E-state index in [0.717, 1.165) is 18.9 Å². The van der Waals surface area contributed by atoms with Crippen molar-refractivity contribution in [1.29, 1.82) is 0 Å². The number of benzene rings is 1. The number of hydrogen-bond donors (Lipinski definition) is 1. The van der Waals surface area contributed by atoms with Crippen LogP contribution >= 0.6 is 22.6 Å². The predicted molar refractivity (Wildman–Crippen MR) is 77.4 cm³/mol. The Labute approximate surface area is 112 Å². The molecule has 0 saturated heterocycles. The molecule has 1 unspecified atom stereocenters. The molecule has 0 amide bonds. The Balaban J connectivity index is 1.97. The summed E-state index contributed by atoms with van der Waals surface area (Å²) in [6.07, 6.45) is 6.78. The van der Waals surface area contributed by atoms with Crippen molar-refractivity contribution >= 4 is 22.6 Å². The summed E-state index contributed by atoms with van der Waals surface area (Å²) in [6, 6.07) is 8.88. The van der Waals surface area contributed by atoms with Crippen molar-refractivity contribution in [3.63, 3.8) is 0 Å². The molecule has 0 heterocycles. The van der Waals surface area contributed by atoms with Crippen LogP contribution in [0, 0.1) is 15.4 Å². The van der Waals surface area contributed by atoms with Gasteiger partial charge in [0, 0.05) is 3.57 Å². The van der Waals surface area contributed by atoms with E-state index < -0.39 is 0 Å². The van der Waals surface area contributed by atoms with Crippen molar-refractivity contribution in [3.8, 4) is 0 Å². The van der Waals surface area contributed by atoms with Crippen LogP contribution < -0.4 is 5.73 Å². The summed E-state index contributed by atoms with van der Waals surface area (Å²) in [7, 11) is 0. The van der Waals surface area contributed by atoms with Crippen LogP contribution in [0.2, 0.25) is 0 Å². The van der Waals surface area contributed by atoms with Gasteiger partial charge in [-0.25, -0.2) is 0 Å². The van der Waals surface area contributed by atoms with Crippen LogP contribution in [0.5, 0.6) is 0 Å². The Kier molecular flexibility index (Phi) is 4.65. The predicted octanol–water partition coefficient (Wildman–Crippen LogP) is 3.60. The van der Waals surface area contributed by atoms with E-state index in [9.17, 15) is 0 Å². The topological polar surface area (TPSA) is 26.0 Å². The third-order valence-corrected chi connectivity index (χ3v) is 4.50. The number of rotatable bonds is 4. The molecule has 1 aliphatic carbocycles. The SMILES string of the molecule is NCC(Cc1ccc(I)cc1)C1CCCC1. The molecule has 0 radical (unpaired) electrons. The molecule has 1 aliphatic rings. The van der Waals surface area contributed by atoms with Crippen molar-refractivity contribution in [2.45, 2.75) is 32.1 Å². The largest absolute Gasteiger partial charge is 0.330 e. The summed E-state index contributed by atoms with van der Waals surface area (Å²) >= 11 is 2.35. The second-order valence-electron chi connectivity index (χ2n) is 4.87. The first kappa shape index (κ1) is 12.4. The highest BCUT2D eigenvalue weighted by Gasteiger charge is 2.23. The van der Waals surface area contributed by atoms with Gasteiger partial charge in [0.15, 0.2) is 0 Å². The molecule has 1 aromatic rings. The van der Waals surface area contributed by atoms with Gasteiger partial charge in [-0.15, -0.1) is 0 Å². The zero-order valence-corrected chi connectivity index (χ0v) is 11.8. The minimum absolute atomic E-state index is 0.697. The molecular formula is C14H20IN. The quantitative estimate of drug-likeness (QED) is 0.840. The van der Waals surface area contributed by atoms with Gasteiger partial charge in [-0.05, 0) is 65.1 Å². The van der Waals surface area contributed by atoms with E-state index in [-0.39, 0.29) is 0 Å². The van der Waals surface area contributed by atoms with Gasteiger partial charge in [0.05, 0.1) is 0 Å². The van der Waals surface area contributed by atoms with Gasteiger partial charge < -0.3 is 5.73 Å². The molecule has 0 spiro atoms. The monoisotopic (exact) mass is 329 g/mol. The van der Waals surface area contributed by atoms with Crippen molar-refractivity contribution in [2.75, 3.05) is 6.54 Å². The lowest BCUT2D eigenvalue weighted by Gasteiger charge is -2.21. The molecule has 1 aromatic carbocycles. The lowest BCUT2D eigenvalue weighted by molar-refractivity contribution is 0.345. The van der Waals surface area contributed by atoms with Crippen LogP contribution in [0.15, 0.2) is 24.3 Å². The highest BCUT2D eigenvalue weighted by Crippen LogP contribution is 2.32. The third kappa shape index (κ3) is 3.20. The molecule has 1 fully saturated rings. The standard InChI is InChI=1S/C14H20IN/c15-14-7-5-11(6-8-14)9-13(10-16)12-3-1-2-4-12/h5-8,12-13H,1-4,9-10,16H2. The lowest BCUT2D eigenvalue weighted by Crippen LogP contribution is -2.23. The lowest BCUT2D eigenvalue weighted by atomic mass is 9.86. The minimum atomic E-state index is 0.697. The third-order valence-electron chi connectivity index (χ3n) is 3.78. The molecule has 1 saturated carbocycles. The molecule has 16 heavy (non-hydrogen) atoms. The Morgan fingerprint density at radius 3 is 2.38 bits per heavy atom. The Morgan fingerprint density at radius 2 is 1.81 bits per heavy atom. The zero-order valence-electron chi connectivity index (χ0n) is 9.66. The summed E-state index contributed by atoms with van der Waals surface area (Å²) < 4.78 is 1.31. The number of hydrogen-bond acceptors (Lipinski definition) is 1. The van der Waals surface area contributed by atoms with Crippen LogP contribution in [0.25, 0.3) is 0 Å². The maximum absolute atomic E-state index is 5.93. The fourth-order valence-electron chi connectivity index (χ4n) is 2.79. The van der Waals surface area contributed by atoms with Gasteiger partial charge >= 0.3 is 0 Å². The van der Waals surface area contributed by atoms with E-state index in [0.29, 0.717) is 5.92 Å². The summed E-state index contributed by atoms with van der Waals surface area (Å²) in [6.45, 7) is 0.844. The highest BCUT2D eigenvalue weighted by atomic mass is 127. The van der Waals surface area contributed by atoms with Crippen molar-refractivity contribution in [2.24, 2.45) is 17.6 Å². The van der Waals surface area contributed by atoms with Crippen molar-refractivity contribution in [3.05, 3.63) is 33.4 Å². The number of halogens is 1. The molecule has 1 atom stereocenters. The molecule has 88 valence electrons. The van der Waals surface area contributed by atoms with Crippen molar-refractivity contribution in [1.82, 2.24) is 0 Å². The van der Waals surface area contributed by atoms with Gasteiger partial charge in [-0.1, -0.05) is 37.8 Å². The minimum Gasteiger partial charge on any atom is -0.330 e. The first-order valence-corrected chi connectivity index (χ1v) is 7.32. The van der Waals surface area contributed by atoms with E-state index >= 15 is 0 Å². The first-order chi connectivity index (χ1) is 7.79. The van der Waals surface area contributed by atoms with Gasteiger partial charge in [-0.2, -0.15) is 0 Å². The summed E-state index contributed by atoms with van der Waals surface area (Å²) in [5.74, 6) is 1.58. The molecule has 2 N–H and O–H groups in total. The van der Waals surface area contributed by atoms with E-state index in [1.54, 1.807) is 0 Å². The number of nitrogens with two attached hydrogens (primary N) is 1. The summed E-state index contributed by atoms with van der Waals surface area (Å²) in [4.78, 5) is 0. The highest BCUT2D eigenvalue weighted by molar-refractivity contribution is 14.1. The summed E-state index contributed by atoms with van der Waals surface area (Å²) in [5, 5.41) is 0. The Bertz CT molecular complexity index is 314. The molecule has 0 aliphatic heterocycles. The molecular weight excluding hydrogens is 309 g/mol. The van der Waals surface area contributed by atoms with Crippen LogP contribution in [0.4, 0.5) is 0 Å². The fraction of sp³-hybridized carbons (Fsp3) is 0.571. The van der Waals surface area contributed by atoms with Crippen LogP contribution in [0.3, 0.4) is 0 Å². The van der Waals surface area contributed by atoms with E-state index in [2.05, 4.69) is 46.9 Å². The van der Waals surface area contributed by atoms with Crippen molar-refractivity contribution < 1.29 is 0 Å². The molecule has 2 heteroatoms. The second kappa shape index (κ2) is 6.01. The van der Waals surface area contributed by atoms with Crippen LogP contribution in [-0.2, 0) is 6.42 Å². The second-order valence-corrected chi connectivity index (χ2v) is 6.12. The van der Waals surface area contributed by atoms with Gasteiger partial charge in [0.2, 0.25) is 0 Å². The van der Waals surface area contributed by atoms with Crippen LogP contribution in [0.1, 0.15) is 31.2 Å². The molecule has 1 nitrogen and oxygen atoms in total. The fourth-order valence-corrected chi connectivity index (χ4v) is 3.15. The molecule has 0 bridgehead atoms. The van der Waals surface area contributed by atoms with Gasteiger partial charge in [0.1, 0.15) is 0 Å². The summed E-state index contributed by atoms with van der Waals surface area (Å²) in [5.41, 5.74) is 7.38. The maximum atomic E-state index is 5.93. The van der Waals surface area contributed by atoms with Gasteiger partial charge in [-0.3, -0.25) is 0 Å². The smallest absolute Gasteiger partial charge is 0.0130 e. The average Bonchev–Trinajstić information content (AvgIpc) is 2.82. The first-order valence-electron chi connectivity index (χ1n) is 6.24. The van der Waals surface area contributed by atoms with E-state index in [1.165, 1.54) is 34.8 Å². The average molecular weight is 329 g/mol. The zero-order chi connectivity index (χ0) is 11.4. The molecule has 0 aromatic heterocycles. The Morgan fingerprint density at radius 1 is 1.19 bits per heavy atom. The normalized spacial score (nSPS) is 18.9. The van der Waals surface area contributed by atoms with Crippen LogP contribution in [-0.4, -0.2) is 6.54 Å². The Hall–Kier alpha value is -0.0900. The van der Waals surface area contributed by atoms with E-state index in [4.69, 9.17) is 5.73 Å². The molecule has 2 rings (SSSR count). The van der Waals surface area contributed by atoms with Gasteiger partial charge in [0.25, 0.3) is 0 Å². The van der Waals surface area contributed by atoms with E-state index in [1.807, 2.05) is 0 Å². The maximum Gasteiger partial charge on any atom is 0.0130 e.